The van der Waals surface area contributed by atoms with Gasteiger partial charge in [0.2, 0.25) is 15.9 Å². The topological polar surface area (TPSA) is 118 Å². The molecule has 1 N–H and O–H groups in total. The molecule has 0 bridgehead atoms. The molecule has 0 radical (unpaired) electrons. The van der Waals surface area contributed by atoms with Crippen molar-refractivity contribution in [1.29, 1.82) is 0 Å². The van der Waals surface area contributed by atoms with Gasteiger partial charge in [-0.05, 0) is 59.7 Å². The minimum atomic E-state index is -3.69. The van der Waals surface area contributed by atoms with E-state index in [0.717, 1.165) is 0 Å². The van der Waals surface area contributed by atoms with Crippen molar-refractivity contribution >= 4 is 21.8 Å². The summed E-state index contributed by atoms with van der Waals surface area (Å²) in [5.74, 6) is -1.08. The summed E-state index contributed by atoms with van der Waals surface area (Å²) in [4.78, 5) is 33.3. The Bertz CT molecular complexity index is 1670. The highest BCUT2D eigenvalue weighted by molar-refractivity contribution is 7.89. The summed E-state index contributed by atoms with van der Waals surface area (Å²) in [6.45, 7) is 0.930. The maximum absolute atomic E-state index is 13.8. The Morgan fingerprint density at radius 2 is 1.62 bits per heavy atom. The minimum Gasteiger partial charge on any atom is -0.484 e. The Kier molecular flexibility index (Phi) is 10.5. The van der Waals surface area contributed by atoms with Crippen molar-refractivity contribution in [2.24, 2.45) is 0 Å². The first-order valence-corrected chi connectivity index (χ1v) is 15.8. The van der Waals surface area contributed by atoms with E-state index in [9.17, 15) is 22.4 Å². The minimum absolute atomic E-state index is 0.00419. The lowest BCUT2D eigenvalue weighted by atomic mass is 10.0. The van der Waals surface area contributed by atoms with E-state index in [0.29, 0.717) is 30.0 Å². The monoisotopic (exact) mass is 632 g/mol. The Morgan fingerprint density at radius 3 is 2.29 bits per heavy atom. The number of sulfonamides is 1. The first-order chi connectivity index (χ1) is 21.8. The average molecular weight is 633 g/mol. The first-order valence-electron chi connectivity index (χ1n) is 14.4. The summed E-state index contributed by atoms with van der Waals surface area (Å²) in [5, 5.41) is 2.88. The van der Waals surface area contributed by atoms with Crippen molar-refractivity contribution in [2.45, 2.75) is 24.0 Å². The SMILES string of the molecule is O=C(NCc1ccccn1)[C@@H](c1ccccc1)N(Cc1ccc(F)cc1)C(=O)COc1ccc(S(=O)(=O)N2CCOCC2)cc1. The molecule has 3 aromatic carbocycles. The molecule has 1 aromatic heterocycles. The Morgan fingerprint density at radius 1 is 0.933 bits per heavy atom. The van der Waals surface area contributed by atoms with Crippen LogP contribution in [0.25, 0.3) is 0 Å². The standard InChI is InChI=1S/C33H33FN4O6S/c34-27-11-9-25(10-12-27)23-38(32(26-6-2-1-3-7-26)33(40)36-22-28-8-4-5-17-35-28)31(39)24-44-29-13-15-30(16-14-29)45(41,42)37-18-20-43-21-19-37/h1-17,32H,18-24H2,(H,36,40)/t32-/m1/s1. The highest BCUT2D eigenvalue weighted by Gasteiger charge is 2.32. The van der Waals surface area contributed by atoms with Crippen molar-refractivity contribution in [3.63, 3.8) is 0 Å². The molecule has 4 aromatic rings. The van der Waals surface area contributed by atoms with Crippen LogP contribution in [0, 0.1) is 5.82 Å². The van der Waals surface area contributed by atoms with Crippen LogP contribution in [0.4, 0.5) is 4.39 Å². The third kappa shape index (κ3) is 8.29. The van der Waals surface area contributed by atoms with E-state index in [1.54, 1.807) is 54.7 Å². The van der Waals surface area contributed by atoms with Gasteiger partial charge >= 0.3 is 0 Å². The quantitative estimate of drug-likeness (QED) is 0.253. The lowest BCUT2D eigenvalue weighted by Gasteiger charge is -2.31. The molecule has 45 heavy (non-hydrogen) atoms. The van der Waals surface area contributed by atoms with Gasteiger partial charge in [0.05, 0.1) is 30.3 Å². The number of pyridine rings is 1. The predicted molar refractivity (Wildman–Crippen MR) is 164 cm³/mol. The summed E-state index contributed by atoms with van der Waals surface area (Å²) in [6, 6.07) is 24.7. The number of nitrogens with zero attached hydrogens (tertiary/aromatic N) is 3. The first kappa shape index (κ1) is 31.8. The van der Waals surface area contributed by atoms with Gasteiger partial charge in [0, 0.05) is 25.8 Å². The van der Waals surface area contributed by atoms with Crippen molar-refractivity contribution < 1.29 is 31.9 Å². The molecule has 1 aliphatic heterocycles. The highest BCUT2D eigenvalue weighted by Crippen LogP contribution is 2.25. The van der Waals surface area contributed by atoms with Crippen LogP contribution in [0.2, 0.25) is 0 Å². The van der Waals surface area contributed by atoms with E-state index >= 15 is 0 Å². The molecule has 1 atom stereocenters. The van der Waals surface area contributed by atoms with E-state index in [1.807, 2.05) is 12.1 Å². The number of carbonyl (C=O) groups is 2. The number of rotatable bonds is 12. The maximum Gasteiger partial charge on any atom is 0.261 e. The van der Waals surface area contributed by atoms with E-state index < -0.39 is 40.3 Å². The average Bonchev–Trinajstić information content (AvgIpc) is 3.08. The lowest BCUT2D eigenvalue weighted by Crippen LogP contribution is -2.45. The summed E-state index contributed by atoms with van der Waals surface area (Å²) in [6.07, 6.45) is 1.63. The largest absolute Gasteiger partial charge is 0.484 e. The number of ether oxygens (including phenoxy) is 2. The van der Waals surface area contributed by atoms with Gasteiger partial charge in [-0.3, -0.25) is 14.6 Å². The molecular formula is C33H33FN4O6S. The van der Waals surface area contributed by atoms with E-state index in [2.05, 4.69) is 10.3 Å². The van der Waals surface area contributed by atoms with Gasteiger partial charge in [-0.15, -0.1) is 0 Å². The number of hydrogen-bond acceptors (Lipinski definition) is 7. The van der Waals surface area contributed by atoms with Gasteiger partial charge in [-0.2, -0.15) is 4.31 Å². The normalized spacial score (nSPS) is 14.3. The predicted octanol–water partition coefficient (Wildman–Crippen LogP) is 3.71. The van der Waals surface area contributed by atoms with Crippen LogP contribution in [0.5, 0.6) is 5.75 Å². The number of morpholine rings is 1. The second-order valence-corrected chi connectivity index (χ2v) is 12.2. The number of nitrogens with one attached hydrogen (secondary N) is 1. The summed E-state index contributed by atoms with van der Waals surface area (Å²) in [5.41, 5.74) is 1.83. The third-order valence-corrected chi connectivity index (χ3v) is 9.14. The van der Waals surface area contributed by atoms with Crippen molar-refractivity contribution in [2.75, 3.05) is 32.9 Å². The van der Waals surface area contributed by atoms with Crippen molar-refractivity contribution in [3.05, 3.63) is 126 Å². The molecule has 1 saturated heterocycles. The van der Waals surface area contributed by atoms with Crippen molar-refractivity contribution in [1.82, 2.24) is 19.5 Å². The highest BCUT2D eigenvalue weighted by atomic mass is 32.2. The molecule has 5 rings (SSSR count). The number of amides is 2. The fourth-order valence-corrected chi connectivity index (χ4v) is 6.28. The zero-order chi connectivity index (χ0) is 31.6. The smallest absolute Gasteiger partial charge is 0.261 e. The third-order valence-electron chi connectivity index (χ3n) is 7.23. The molecule has 2 amide bonds. The van der Waals surface area contributed by atoms with Crippen LogP contribution in [-0.4, -0.2) is 67.3 Å². The van der Waals surface area contributed by atoms with Gasteiger partial charge in [-0.1, -0.05) is 48.5 Å². The van der Waals surface area contributed by atoms with E-state index in [-0.39, 0.29) is 36.8 Å². The fourth-order valence-electron chi connectivity index (χ4n) is 4.87. The number of carbonyl (C=O) groups excluding carboxylic acids is 2. The number of benzene rings is 3. The molecule has 2 heterocycles. The van der Waals surface area contributed by atoms with Crippen LogP contribution < -0.4 is 10.1 Å². The maximum atomic E-state index is 13.8. The van der Waals surface area contributed by atoms with E-state index in [4.69, 9.17) is 9.47 Å². The molecule has 0 saturated carbocycles. The molecule has 10 nitrogen and oxygen atoms in total. The zero-order valence-electron chi connectivity index (χ0n) is 24.4. The number of aromatic nitrogens is 1. The molecule has 234 valence electrons. The Hall–Kier alpha value is -4.65. The van der Waals surface area contributed by atoms with Crippen molar-refractivity contribution in [3.8, 4) is 5.75 Å². The molecule has 1 aliphatic rings. The van der Waals surface area contributed by atoms with Gasteiger partial charge in [0.1, 0.15) is 17.6 Å². The Labute approximate surface area is 261 Å². The van der Waals surface area contributed by atoms with E-state index in [1.165, 1.54) is 45.6 Å². The molecule has 0 spiro atoms. The van der Waals surface area contributed by atoms with Gasteiger partial charge in [0.25, 0.3) is 5.91 Å². The Balaban J connectivity index is 1.36. The van der Waals surface area contributed by atoms with Crippen LogP contribution in [0.3, 0.4) is 0 Å². The molecule has 1 fully saturated rings. The van der Waals surface area contributed by atoms with Crippen LogP contribution >= 0.6 is 0 Å². The van der Waals surface area contributed by atoms with Crippen LogP contribution in [0.1, 0.15) is 22.9 Å². The number of halogens is 1. The molecular weight excluding hydrogens is 599 g/mol. The molecule has 12 heteroatoms. The number of hydrogen-bond donors (Lipinski definition) is 1. The van der Waals surface area contributed by atoms with Crippen LogP contribution in [-0.2, 0) is 37.4 Å². The van der Waals surface area contributed by atoms with Gasteiger partial charge in [-0.25, -0.2) is 12.8 Å². The fraction of sp³-hybridized carbons (Fsp3) is 0.242. The summed E-state index contributed by atoms with van der Waals surface area (Å²) >= 11 is 0. The van der Waals surface area contributed by atoms with Crippen LogP contribution in [0.15, 0.2) is 108 Å². The zero-order valence-corrected chi connectivity index (χ0v) is 25.2. The van der Waals surface area contributed by atoms with Gasteiger partial charge < -0.3 is 19.7 Å². The van der Waals surface area contributed by atoms with Gasteiger partial charge in [0.15, 0.2) is 6.61 Å². The summed E-state index contributed by atoms with van der Waals surface area (Å²) in [7, 11) is -3.69. The second-order valence-electron chi connectivity index (χ2n) is 10.3. The lowest BCUT2D eigenvalue weighted by molar-refractivity contribution is -0.143. The summed E-state index contributed by atoms with van der Waals surface area (Å²) < 4.78 is 52.0. The molecule has 0 aliphatic carbocycles. The molecule has 0 unspecified atom stereocenters. The second kappa shape index (κ2) is 14.9.